The molecule has 1 rings (SSSR count). The molecule has 0 saturated heterocycles. The Hall–Kier alpha value is -1.09. The van der Waals surface area contributed by atoms with E-state index >= 15 is 0 Å². The normalized spacial score (nSPS) is 11.4. The number of ketones is 1. The Morgan fingerprint density at radius 2 is 2.06 bits per heavy atom. The van der Waals surface area contributed by atoms with Crippen LogP contribution in [0.25, 0.3) is 0 Å². The van der Waals surface area contributed by atoms with Gasteiger partial charge in [-0.15, -0.1) is 11.3 Å². The largest absolute Gasteiger partial charge is 0.471 e. The van der Waals surface area contributed by atoms with Gasteiger partial charge < -0.3 is 5.32 Å². The third-order valence-electron chi connectivity index (χ3n) is 1.85. The van der Waals surface area contributed by atoms with Crippen molar-refractivity contribution in [1.29, 1.82) is 0 Å². The third-order valence-corrected chi connectivity index (χ3v) is 3.93. The minimum atomic E-state index is -5.00. The van der Waals surface area contributed by atoms with Crippen molar-refractivity contribution >= 4 is 40.6 Å². The number of anilines is 1. The standard InChI is InChI=1S/C9H9F3N2O2S2/c1-3-4(15)5-6(14-8(17-2)18-5)13-7(16)9(10,11)12/h3H2,1-2H3,(H,13,16). The molecule has 4 nitrogen and oxygen atoms in total. The molecule has 0 spiro atoms. The predicted octanol–water partition coefficient (Wildman–Crippen LogP) is 2.96. The maximum Gasteiger partial charge on any atom is 0.471 e. The number of halogens is 3. The Labute approximate surface area is 109 Å². The molecule has 100 valence electrons. The minimum absolute atomic E-state index is 0.0412. The fraction of sp³-hybridized carbons (Fsp3) is 0.444. The van der Waals surface area contributed by atoms with Crippen LogP contribution in [0.1, 0.15) is 23.0 Å². The molecule has 0 atom stereocenters. The summed E-state index contributed by atoms with van der Waals surface area (Å²) in [5, 5.41) is 1.62. The highest BCUT2D eigenvalue weighted by molar-refractivity contribution is 8.00. The number of carbonyl (C=O) groups is 2. The molecule has 1 amide bonds. The van der Waals surface area contributed by atoms with Gasteiger partial charge in [-0.25, -0.2) is 4.98 Å². The van der Waals surface area contributed by atoms with Crippen LogP contribution >= 0.6 is 23.1 Å². The molecule has 0 aliphatic carbocycles. The van der Waals surface area contributed by atoms with Gasteiger partial charge in [-0.2, -0.15) is 13.2 Å². The molecule has 0 bridgehead atoms. The van der Waals surface area contributed by atoms with E-state index in [1.54, 1.807) is 18.5 Å². The third kappa shape index (κ3) is 3.45. The molecule has 0 unspecified atom stereocenters. The summed E-state index contributed by atoms with van der Waals surface area (Å²) in [5.41, 5.74) is 0. The number of amides is 1. The van der Waals surface area contributed by atoms with Crippen LogP contribution in [0.3, 0.4) is 0 Å². The number of rotatable bonds is 4. The minimum Gasteiger partial charge on any atom is -0.301 e. The van der Waals surface area contributed by atoms with Gasteiger partial charge in [0.1, 0.15) is 4.88 Å². The first-order valence-electron chi connectivity index (χ1n) is 4.75. The van der Waals surface area contributed by atoms with Crippen molar-refractivity contribution in [2.75, 3.05) is 11.6 Å². The van der Waals surface area contributed by atoms with Crippen LogP contribution in [0.15, 0.2) is 4.34 Å². The van der Waals surface area contributed by atoms with Gasteiger partial charge in [0.05, 0.1) is 0 Å². The van der Waals surface area contributed by atoms with Crippen LogP contribution in [0.2, 0.25) is 0 Å². The van der Waals surface area contributed by atoms with E-state index in [-0.39, 0.29) is 22.9 Å². The van der Waals surface area contributed by atoms with E-state index in [1.807, 2.05) is 0 Å². The highest BCUT2D eigenvalue weighted by Crippen LogP contribution is 2.31. The molecule has 0 aliphatic heterocycles. The lowest BCUT2D eigenvalue weighted by Crippen LogP contribution is -2.30. The average Bonchev–Trinajstić information content (AvgIpc) is 2.70. The van der Waals surface area contributed by atoms with Crippen molar-refractivity contribution < 1.29 is 22.8 Å². The topological polar surface area (TPSA) is 59.1 Å². The van der Waals surface area contributed by atoms with E-state index in [0.29, 0.717) is 4.34 Å². The van der Waals surface area contributed by atoms with Crippen LogP contribution in [0.4, 0.5) is 19.0 Å². The number of hydrogen-bond donors (Lipinski definition) is 1. The zero-order valence-corrected chi connectivity index (χ0v) is 11.1. The van der Waals surface area contributed by atoms with E-state index < -0.39 is 12.1 Å². The van der Waals surface area contributed by atoms with Gasteiger partial charge >= 0.3 is 12.1 Å². The first kappa shape index (κ1) is 15.0. The zero-order valence-electron chi connectivity index (χ0n) is 9.42. The summed E-state index contributed by atoms with van der Waals surface area (Å²) in [4.78, 5) is 26.1. The fourth-order valence-corrected chi connectivity index (χ4v) is 2.53. The smallest absolute Gasteiger partial charge is 0.301 e. The van der Waals surface area contributed by atoms with Gasteiger partial charge in [0.2, 0.25) is 0 Å². The summed E-state index contributed by atoms with van der Waals surface area (Å²) in [5.74, 6) is -2.81. The van der Waals surface area contributed by atoms with Crippen LogP contribution in [-0.4, -0.2) is 29.1 Å². The Morgan fingerprint density at radius 1 is 1.44 bits per heavy atom. The van der Waals surface area contributed by atoms with E-state index in [9.17, 15) is 22.8 Å². The second-order valence-electron chi connectivity index (χ2n) is 3.09. The Bertz CT molecular complexity index is 471. The van der Waals surface area contributed by atoms with Crippen molar-refractivity contribution in [3.8, 4) is 0 Å². The first-order chi connectivity index (χ1) is 8.29. The summed E-state index contributed by atoms with van der Waals surface area (Å²) in [7, 11) is 0. The van der Waals surface area contributed by atoms with Crippen LogP contribution in [0.5, 0.6) is 0 Å². The van der Waals surface area contributed by atoms with Gasteiger partial charge in [-0.05, 0) is 6.26 Å². The molecule has 0 aliphatic rings. The number of hydrogen-bond acceptors (Lipinski definition) is 5. The predicted molar refractivity (Wildman–Crippen MR) is 63.2 cm³/mol. The van der Waals surface area contributed by atoms with E-state index in [1.165, 1.54) is 11.8 Å². The summed E-state index contributed by atoms with van der Waals surface area (Å²) in [6, 6.07) is 0. The number of Topliss-reactive ketones (excluding diaryl/α,β-unsaturated/α-hetero) is 1. The Morgan fingerprint density at radius 3 is 2.50 bits per heavy atom. The average molecular weight is 298 g/mol. The lowest BCUT2D eigenvalue weighted by atomic mass is 10.2. The second kappa shape index (κ2) is 5.70. The second-order valence-corrected chi connectivity index (χ2v) is 5.14. The van der Waals surface area contributed by atoms with Crippen LogP contribution in [0, 0.1) is 0 Å². The number of nitrogens with one attached hydrogen (secondary N) is 1. The van der Waals surface area contributed by atoms with Gasteiger partial charge in [-0.1, -0.05) is 18.7 Å². The van der Waals surface area contributed by atoms with Gasteiger partial charge in [-0.3, -0.25) is 9.59 Å². The van der Waals surface area contributed by atoms with E-state index in [2.05, 4.69) is 4.98 Å². The van der Waals surface area contributed by atoms with Crippen molar-refractivity contribution in [1.82, 2.24) is 4.98 Å². The Kier molecular flexibility index (Phi) is 4.74. The summed E-state index contributed by atoms with van der Waals surface area (Å²) >= 11 is 2.15. The van der Waals surface area contributed by atoms with Crippen molar-refractivity contribution in [3.05, 3.63) is 4.88 Å². The number of alkyl halides is 3. The highest BCUT2D eigenvalue weighted by atomic mass is 32.2. The van der Waals surface area contributed by atoms with Crippen LogP contribution in [-0.2, 0) is 4.79 Å². The lowest BCUT2D eigenvalue weighted by Gasteiger charge is -2.06. The molecule has 0 aromatic carbocycles. The SMILES string of the molecule is CCC(=O)c1sc(SC)nc1NC(=O)C(F)(F)F. The lowest BCUT2D eigenvalue weighted by molar-refractivity contribution is -0.167. The fourth-order valence-electron chi connectivity index (χ4n) is 1.00. The number of carbonyl (C=O) groups excluding carboxylic acids is 2. The quantitative estimate of drug-likeness (QED) is 0.686. The van der Waals surface area contributed by atoms with Crippen molar-refractivity contribution in [2.24, 2.45) is 0 Å². The number of aromatic nitrogens is 1. The molecule has 0 fully saturated rings. The number of thiazole rings is 1. The molecule has 0 radical (unpaired) electrons. The molecule has 1 N–H and O–H groups in total. The van der Waals surface area contributed by atoms with Crippen LogP contribution < -0.4 is 5.32 Å². The summed E-state index contributed by atoms with van der Waals surface area (Å²) < 4.78 is 36.8. The zero-order chi connectivity index (χ0) is 13.9. The highest BCUT2D eigenvalue weighted by Gasteiger charge is 2.39. The molecule has 18 heavy (non-hydrogen) atoms. The summed E-state index contributed by atoms with van der Waals surface area (Å²) in [6.07, 6.45) is -3.20. The molecular formula is C9H9F3N2O2S2. The van der Waals surface area contributed by atoms with Gasteiger partial charge in [0.25, 0.3) is 0 Å². The van der Waals surface area contributed by atoms with E-state index in [0.717, 1.165) is 11.3 Å². The first-order valence-corrected chi connectivity index (χ1v) is 6.79. The van der Waals surface area contributed by atoms with Crippen molar-refractivity contribution in [2.45, 2.75) is 23.9 Å². The molecule has 0 saturated carbocycles. The Balaban J connectivity index is 3.04. The van der Waals surface area contributed by atoms with E-state index in [4.69, 9.17) is 0 Å². The molecular weight excluding hydrogens is 289 g/mol. The van der Waals surface area contributed by atoms with Gasteiger partial charge in [0.15, 0.2) is 15.9 Å². The summed E-state index contributed by atoms with van der Waals surface area (Å²) in [6.45, 7) is 1.58. The molecule has 9 heteroatoms. The maximum absolute atomic E-state index is 12.1. The number of thioether (sulfide) groups is 1. The molecule has 1 heterocycles. The number of nitrogens with zero attached hydrogens (tertiary/aromatic N) is 1. The molecule has 1 aromatic rings. The monoisotopic (exact) mass is 298 g/mol. The maximum atomic E-state index is 12.1. The van der Waals surface area contributed by atoms with Crippen molar-refractivity contribution in [3.63, 3.8) is 0 Å². The van der Waals surface area contributed by atoms with Gasteiger partial charge in [0, 0.05) is 6.42 Å². The molecule has 1 aromatic heterocycles.